The molecule has 0 fully saturated rings. The van der Waals surface area contributed by atoms with E-state index in [1.54, 1.807) is 30.3 Å². The molecule has 0 bridgehead atoms. The van der Waals surface area contributed by atoms with Crippen LogP contribution in [0.5, 0.6) is 11.5 Å². The van der Waals surface area contributed by atoms with E-state index in [2.05, 4.69) is 4.99 Å². The SMILES string of the molecule is COc1ccc(/C=C2/N=C(c3ccccc3F)OC2=O)cc1OC. The number of methoxy groups -OCH3 is 2. The first kappa shape index (κ1) is 15.7. The van der Waals surface area contributed by atoms with Gasteiger partial charge in [-0.1, -0.05) is 18.2 Å². The van der Waals surface area contributed by atoms with Crippen molar-refractivity contribution in [1.29, 1.82) is 0 Å². The first-order valence-electron chi connectivity index (χ1n) is 7.12. The number of esters is 1. The molecule has 0 N–H and O–H groups in total. The van der Waals surface area contributed by atoms with Gasteiger partial charge >= 0.3 is 5.97 Å². The topological polar surface area (TPSA) is 57.1 Å². The molecule has 0 amide bonds. The Kier molecular flexibility index (Phi) is 4.29. The monoisotopic (exact) mass is 327 g/mol. The highest BCUT2D eigenvalue weighted by Gasteiger charge is 2.25. The van der Waals surface area contributed by atoms with Crippen LogP contribution in [0.2, 0.25) is 0 Å². The number of aliphatic imine (C=N–C) groups is 1. The summed E-state index contributed by atoms with van der Waals surface area (Å²) in [6.07, 6.45) is 1.54. The van der Waals surface area contributed by atoms with Crippen molar-refractivity contribution in [3.8, 4) is 11.5 Å². The summed E-state index contributed by atoms with van der Waals surface area (Å²) in [7, 11) is 3.06. The van der Waals surface area contributed by atoms with E-state index >= 15 is 0 Å². The predicted molar refractivity (Wildman–Crippen MR) is 86.6 cm³/mol. The lowest BCUT2D eigenvalue weighted by atomic mass is 10.1. The molecule has 122 valence electrons. The smallest absolute Gasteiger partial charge is 0.363 e. The highest BCUT2D eigenvalue weighted by atomic mass is 19.1. The summed E-state index contributed by atoms with van der Waals surface area (Å²) in [5.41, 5.74) is 0.903. The lowest BCUT2D eigenvalue weighted by Crippen LogP contribution is -2.07. The van der Waals surface area contributed by atoms with Crippen LogP contribution in [0.3, 0.4) is 0 Å². The highest BCUT2D eigenvalue weighted by molar-refractivity contribution is 6.12. The lowest BCUT2D eigenvalue weighted by Gasteiger charge is -2.07. The van der Waals surface area contributed by atoms with Crippen molar-refractivity contribution in [2.45, 2.75) is 0 Å². The fraction of sp³-hybridized carbons (Fsp3) is 0.111. The number of carbonyl (C=O) groups is 1. The zero-order chi connectivity index (χ0) is 17.1. The Morgan fingerprint density at radius 2 is 1.83 bits per heavy atom. The minimum absolute atomic E-state index is 0.0511. The van der Waals surface area contributed by atoms with E-state index in [1.807, 2.05) is 0 Å². The van der Waals surface area contributed by atoms with Crippen molar-refractivity contribution < 1.29 is 23.4 Å². The number of rotatable bonds is 4. The van der Waals surface area contributed by atoms with E-state index < -0.39 is 11.8 Å². The molecule has 1 heterocycles. The Hall–Kier alpha value is -3.15. The fourth-order valence-electron chi connectivity index (χ4n) is 2.26. The number of benzene rings is 2. The maximum Gasteiger partial charge on any atom is 0.363 e. The molecular formula is C18H14FNO4. The van der Waals surface area contributed by atoms with Gasteiger partial charge in [0, 0.05) is 0 Å². The maximum absolute atomic E-state index is 13.8. The average molecular weight is 327 g/mol. The van der Waals surface area contributed by atoms with Gasteiger partial charge in [-0.2, -0.15) is 0 Å². The highest BCUT2D eigenvalue weighted by Crippen LogP contribution is 2.29. The maximum atomic E-state index is 13.8. The zero-order valence-electron chi connectivity index (χ0n) is 13.1. The Labute approximate surface area is 138 Å². The van der Waals surface area contributed by atoms with Gasteiger partial charge in [-0.15, -0.1) is 0 Å². The van der Waals surface area contributed by atoms with Crippen LogP contribution in [0.4, 0.5) is 4.39 Å². The molecule has 0 aromatic heterocycles. The van der Waals surface area contributed by atoms with E-state index in [0.717, 1.165) is 0 Å². The molecule has 24 heavy (non-hydrogen) atoms. The van der Waals surface area contributed by atoms with Crippen LogP contribution < -0.4 is 9.47 Å². The van der Waals surface area contributed by atoms with Crippen LogP contribution in [0.1, 0.15) is 11.1 Å². The van der Waals surface area contributed by atoms with E-state index in [4.69, 9.17) is 14.2 Å². The molecule has 2 aromatic carbocycles. The average Bonchev–Trinajstić information content (AvgIpc) is 2.95. The molecule has 6 heteroatoms. The lowest BCUT2D eigenvalue weighted by molar-refractivity contribution is -0.129. The second-order valence-electron chi connectivity index (χ2n) is 4.93. The quantitative estimate of drug-likeness (QED) is 0.639. The van der Waals surface area contributed by atoms with Crippen LogP contribution in [0.25, 0.3) is 6.08 Å². The molecule has 5 nitrogen and oxygen atoms in total. The minimum Gasteiger partial charge on any atom is -0.493 e. The van der Waals surface area contributed by atoms with Gasteiger partial charge in [0.2, 0.25) is 5.90 Å². The normalized spacial score (nSPS) is 15.2. The van der Waals surface area contributed by atoms with Crippen molar-refractivity contribution in [2.24, 2.45) is 4.99 Å². The number of nitrogens with zero attached hydrogens (tertiary/aromatic N) is 1. The van der Waals surface area contributed by atoms with Crippen molar-refractivity contribution in [3.63, 3.8) is 0 Å². The van der Waals surface area contributed by atoms with Crippen LogP contribution in [0.15, 0.2) is 53.2 Å². The molecule has 0 atom stereocenters. The summed E-state index contributed by atoms with van der Waals surface area (Å²) in [5, 5.41) is 0. The van der Waals surface area contributed by atoms with Gasteiger partial charge < -0.3 is 14.2 Å². The van der Waals surface area contributed by atoms with E-state index in [0.29, 0.717) is 17.1 Å². The molecule has 1 aliphatic heterocycles. The summed E-state index contributed by atoms with van der Waals surface area (Å²) in [6, 6.07) is 11.1. The van der Waals surface area contributed by atoms with Crippen molar-refractivity contribution >= 4 is 17.9 Å². The van der Waals surface area contributed by atoms with Crippen molar-refractivity contribution in [1.82, 2.24) is 0 Å². The summed E-state index contributed by atoms with van der Waals surface area (Å²) in [5.74, 6) is -0.0926. The van der Waals surface area contributed by atoms with Crippen LogP contribution in [-0.2, 0) is 9.53 Å². The van der Waals surface area contributed by atoms with Crippen LogP contribution in [0, 0.1) is 5.82 Å². The Bertz CT molecular complexity index is 858. The van der Waals surface area contributed by atoms with Crippen molar-refractivity contribution in [2.75, 3.05) is 14.2 Å². The second-order valence-corrected chi connectivity index (χ2v) is 4.93. The van der Waals surface area contributed by atoms with Gasteiger partial charge in [0.25, 0.3) is 0 Å². The van der Waals surface area contributed by atoms with E-state index in [1.165, 1.54) is 32.4 Å². The van der Waals surface area contributed by atoms with E-state index in [9.17, 15) is 9.18 Å². The molecule has 0 spiro atoms. The number of carbonyl (C=O) groups excluding carboxylic acids is 1. The van der Waals surface area contributed by atoms with Gasteiger partial charge in [0.1, 0.15) is 5.82 Å². The second kappa shape index (κ2) is 6.54. The molecule has 0 unspecified atom stereocenters. The first-order chi connectivity index (χ1) is 11.6. The van der Waals surface area contributed by atoms with E-state index in [-0.39, 0.29) is 17.2 Å². The first-order valence-corrected chi connectivity index (χ1v) is 7.12. The van der Waals surface area contributed by atoms with Gasteiger partial charge in [-0.05, 0) is 35.9 Å². The minimum atomic E-state index is -0.636. The van der Waals surface area contributed by atoms with Gasteiger partial charge in [-0.3, -0.25) is 0 Å². The molecule has 2 aromatic rings. The summed E-state index contributed by atoms with van der Waals surface area (Å²) >= 11 is 0. The summed E-state index contributed by atoms with van der Waals surface area (Å²) in [6.45, 7) is 0. The number of ether oxygens (including phenoxy) is 3. The predicted octanol–water partition coefficient (Wildman–Crippen LogP) is 3.19. The Morgan fingerprint density at radius 1 is 1.08 bits per heavy atom. The van der Waals surface area contributed by atoms with Crippen LogP contribution in [-0.4, -0.2) is 26.1 Å². The summed E-state index contributed by atoms with van der Waals surface area (Å²) < 4.78 is 29.2. The third-order valence-electron chi connectivity index (χ3n) is 3.44. The molecule has 0 saturated carbocycles. The standard InChI is InChI=1S/C18H14FNO4/c1-22-15-8-7-11(10-16(15)23-2)9-14-18(21)24-17(20-14)12-5-3-4-6-13(12)19/h3-10H,1-2H3/b14-9+. The molecule has 0 saturated heterocycles. The third kappa shape index (κ3) is 2.99. The number of hydrogen-bond donors (Lipinski definition) is 0. The molecule has 1 aliphatic rings. The fourth-order valence-corrected chi connectivity index (χ4v) is 2.26. The zero-order valence-corrected chi connectivity index (χ0v) is 13.1. The number of halogens is 1. The number of cyclic esters (lactones) is 1. The Morgan fingerprint density at radius 3 is 2.54 bits per heavy atom. The largest absolute Gasteiger partial charge is 0.493 e. The Balaban J connectivity index is 1.96. The summed E-state index contributed by atoms with van der Waals surface area (Å²) in [4.78, 5) is 16.1. The molecular weight excluding hydrogens is 313 g/mol. The molecule has 3 rings (SSSR count). The van der Waals surface area contributed by atoms with Crippen molar-refractivity contribution in [3.05, 3.63) is 65.1 Å². The van der Waals surface area contributed by atoms with Gasteiger partial charge in [0.15, 0.2) is 17.2 Å². The van der Waals surface area contributed by atoms with Gasteiger partial charge in [-0.25, -0.2) is 14.2 Å². The molecule has 0 radical (unpaired) electrons. The van der Waals surface area contributed by atoms with Crippen LogP contribution >= 0.6 is 0 Å². The third-order valence-corrected chi connectivity index (χ3v) is 3.44. The molecule has 0 aliphatic carbocycles. The van der Waals surface area contributed by atoms with Gasteiger partial charge in [0.05, 0.1) is 19.8 Å². The number of hydrogen-bond acceptors (Lipinski definition) is 5.